The van der Waals surface area contributed by atoms with E-state index in [-0.39, 0.29) is 0 Å². The fraction of sp³-hybridized carbons (Fsp3) is 0.294. The number of rotatable bonds is 5. The molecule has 3 heteroatoms. The molecule has 0 aromatic heterocycles. The fourth-order valence-corrected chi connectivity index (χ4v) is 2.24. The zero-order valence-electron chi connectivity index (χ0n) is 12.2. The molecule has 0 aliphatic heterocycles. The Kier molecular flexibility index (Phi) is 4.64. The Labute approximate surface area is 120 Å². The lowest BCUT2D eigenvalue weighted by molar-refractivity contribution is 0.191. The van der Waals surface area contributed by atoms with Gasteiger partial charge in [0, 0.05) is 12.2 Å². The van der Waals surface area contributed by atoms with Crippen LogP contribution < -0.4 is 10.1 Å². The van der Waals surface area contributed by atoms with Gasteiger partial charge in [0.1, 0.15) is 5.75 Å². The highest BCUT2D eigenvalue weighted by atomic mass is 16.5. The second-order valence-corrected chi connectivity index (χ2v) is 5.05. The van der Waals surface area contributed by atoms with Crippen molar-refractivity contribution in [3.63, 3.8) is 0 Å². The molecule has 2 rings (SSSR count). The second kappa shape index (κ2) is 6.44. The number of benzene rings is 2. The molecule has 0 spiro atoms. The third kappa shape index (κ3) is 3.75. The van der Waals surface area contributed by atoms with E-state index < -0.39 is 6.10 Å². The van der Waals surface area contributed by atoms with Crippen LogP contribution in [0.3, 0.4) is 0 Å². The van der Waals surface area contributed by atoms with Gasteiger partial charge in [-0.2, -0.15) is 0 Å². The summed E-state index contributed by atoms with van der Waals surface area (Å²) in [6.07, 6.45) is -0.540. The minimum absolute atomic E-state index is 0.481. The molecule has 106 valence electrons. The summed E-state index contributed by atoms with van der Waals surface area (Å²) in [5, 5.41) is 13.5. The van der Waals surface area contributed by atoms with Crippen LogP contribution in [0, 0.1) is 13.8 Å². The Bertz CT molecular complexity index is 543. The van der Waals surface area contributed by atoms with Crippen LogP contribution in [0.25, 0.3) is 0 Å². The maximum atomic E-state index is 10.2. The zero-order valence-corrected chi connectivity index (χ0v) is 12.2. The number of ether oxygens (including phenoxy) is 1. The van der Waals surface area contributed by atoms with Crippen molar-refractivity contribution in [2.24, 2.45) is 0 Å². The van der Waals surface area contributed by atoms with E-state index in [0.717, 1.165) is 17.0 Å². The van der Waals surface area contributed by atoms with Crippen LogP contribution in [0.1, 0.15) is 22.8 Å². The van der Waals surface area contributed by atoms with E-state index in [1.807, 2.05) is 24.3 Å². The van der Waals surface area contributed by atoms with Gasteiger partial charge >= 0.3 is 0 Å². The van der Waals surface area contributed by atoms with Gasteiger partial charge in [-0.05, 0) is 54.8 Å². The number of anilines is 1. The molecule has 1 unspecified atom stereocenters. The van der Waals surface area contributed by atoms with E-state index in [0.29, 0.717) is 6.54 Å². The van der Waals surface area contributed by atoms with Gasteiger partial charge in [0.2, 0.25) is 0 Å². The quantitative estimate of drug-likeness (QED) is 0.875. The maximum Gasteiger partial charge on any atom is 0.118 e. The van der Waals surface area contributed by atoms with E-state index in [1.54, 1.807) is 7.11 Å². The number of aliphatic hydroxyl groups excluding tert-OH is 1. The molecule has 0 radical (unpaired) electrons. The van der Waals surface area contributed by atoms with Gasteiger partial charge < -0.3 is 15.2 Å². The highest BCUT2D eigenvalue weighted by Gasteiger charge is 2.07. The van der Waals surface area contributed by atoms with Crippen molar-refractivity contribution < 1.29 is 9.84 Å². The smallest absolute Gasteiger partial charge is 0.118 e. The van der Waals surface area contributed by atoms with Crippen LogP contribution in [0.15, 0.2) is 42.5 Å². The van der Waals surface area contributed by atoms with E-state index in [2.05, 4.69) is 37.4 Å². The third-order valence-electron chi connectivity index (χ3n) is 3.22. The first-order valence-electron chi connectivity index (χ1n) is 6.72. The summed E-state index contributed by atoms with van der Waals surface area (Å²) in [7, 11) is 1.63. The normalized spacial score (nSPS) is 12.0. The molecule has 0 aliphatic carbocycles. The third-order valence-corrected chi connectivity index (χ3v) is 3.22. The number of aliphatic hydroxyl groups is 1. The molecule has 0 bridgehead atoms. The zero-order chi connectivity index (χ0) is 14.5. The summed E-state index contributed by atoms with van der Waals surface area (Å²) in [6.45, 7) is 4.62. The van der Waals surface area contributed by atoms with Gasteiger partial charge in [0.15, 0.2) is 0 Å². The van der Waals surface area contributed by atoms with Crippen molar-refractivity contribution in [3.8, 4) is 5.75 Å². The Morgan fingerprint density at radius 3 is 2.20 bits per heavy atom. The predicted octanol–water partition coefficient (Wildman–Crippen LogP) is 3.46. The van der Waals surface area contributed by atoms with Crippen LogP contribution in [-0.4, -0.2) is 18.8 Å². The molecule has 0 saturated carbocycles. The molecular formula is C17H21NO2. The number of hydrogen-bond donors (Lipinski definition) is 2. The van der Waals surface area contributed by atoms with Crippen molar-refractivity contribution in [1.29, 1.82) is 0 Å². The van der Waals surface area contributed by atoms with Gasteiger partial charge in [0.25, 0.3) is 0 Å². The molecule has 0 heterocycles. The molecule has 0 aliphatic rings. The van der Waals surface area contributed by atoms with E-state index >= 15 is 0 Å². The average Bonchev–Trinajstić information content (AvgIpc) is 2.44. The minimum Gasteiger partial charge on any atom is -0.497 e. The standard InChI is InChI=1S/C17H21NO2/c1-12-8-13(2)10-15(9-12)18-11-17(19)14-4-6-16(20-3)7-5-14/h4-10,17-19H,11H2,1-3H3. The van der Waals surface area contributed by atoms with E-state index in [4.69, 9.17) is 4.74 Å². The van der Waals surface area contributed by atoms with Gasteiger partial charge in [-0.1, -0.05) is 18.2 Å². The highest BCUT2D eigenvalue weighted by Crippen LogP contribution is 2.19. The number of aryl methyl sites for hydroxylation is 2. The fourth-order valence-electron chi connectivity index (χ4n) is 2.24. The SMILES string of the molecule is COc1ccc(C(O)CNc2cc(C)cc(C)c2)cc1. The van der Waals surface area contributed by atoms with Gasteiger partial charge in [0.05, 0.1) is 13.2 Å². The summed E-state index contributed by atoms with van der Waals surface area (Å²) in [6, 6.07) is 13.8. The summed E-state index contributed by atoms with van der Waals surface area (Å²) < 4.78 is 5.11. The molecule has 2 N–H and O–H groups in total. The average molecular weight is 271 g/mol. The van der Waals surface area contributed by atoms with Crippen molar-refractivity contribution in [1.82, 2.24) is 0 Å². The Morgan fingerprint density at radius 1 is 1.05 bits per heavy atom. The Balaban J connectivity index is 1.98. The molecular weight excluding hydrogens is 250 g/mol. The number of nitrogens with one attached hydrogen (secondary N) is 1. The first kappa shape index (κ1) is 14.4. The van der Waals surface area contributed by atoms with Crippen molar-refractivity contribution in [2.45, 2.75) is 20.0 Å². The molecule has 20 heavy (non-hydrogen) atoms. The Morgan fingerprint density at radius 2 is 1.65 bits per heavy atom. The first-order chi connectivity index (χ1) is 9.58. The number of hydrogen-bond acceptors (Lipinski definition) is 3. The lowest BCUT2D eigenvalue weighted by Gasteiger charge is -2.14. The number of methoxy groups -OCH3 is 1. The maximum absolute atomic E-state index is 10.2. The van der Waals surface area contributed by atoms with Crippen LogP contribution in [0.5, 0.6) is 5.75 Å². The molecule has 0 fully saturated rings. The monoisotopic (exact) mass is 271 g/mol. The molecule has 0 amide bonds. The highest BCUT2D eigenvalue weighted by molar-refractivity contribution is 5.48. The second-order valence-electron chi connectivity index (χ2n) is 5.05. The first-order valence-corrected chi connectivity index (χ1v) is 6.72. The van der Waals surface area contributed by atoms with Crippen molar-refractivity contribution >= 4 is 5.69 Å². The van der Waals surface area contributed by atoms with Crippen molar-refractivity contribution in [3.05, 3.63) is 59.2 Å². The summed E-state index contributed by atoms with van der Waals surface area (Å²) >= 11 is 0. The van der Waals surface area contributed by atoms with Crippen molar-refractivity contribution in [2.75, 3.05) is 19.0 Å². The van der Waals surface area contributed by atoms with E-state index in [1.165, 1.54) is 11.1 Å². The summed E-state index contributed by atoms with van der Waals surface area (Å²) in [5.74, 6) is 0.795. The predicted molar refractivity (Wildman–Crippen MR) is 82.4 cm³/mol. The van der Waals surface area contributed by atoms with Crippen LogP contribution in [0.2, 0.25) is 0 Å². The van der Waals surface area contributed by atoms with Crippen LogP contribution in [0.4, 0.5) is 5.69 Å². The molecule has 1 atom stereocenters. The largest absolute Gasteiger partial charge is 0.497 e. The van der Waals surface area contributed by atoms with Crippen LogP contribution in [-0.2, 0) is 0 Å². The topological polar surface area (TPSA) is 41.5 Å². The Hall–Kier alpha value is -2.00. The molecule has 2 aromatic rings. The van der Waals surface area contributed by atoms with E-state index in [9.17, 15) is 5.11 Å². The summed E-state index contributed by atoms with van der Waals surface area (Å²) in [5.41, 5.74) is 4.34. The molecule has 2 aromatic carbocycles. The van der Waals surface area contributed by atoms with Gasteiger partial charge in [-0.25, -0.2) is 0 Å². The minimum atomic E-state index is -0.540. The molecule has 0 saturated heterocycles. The van der Waals surface area contributed by atoms with Gasteiger partial charge in [-0.3, -0.25) is 0 Å². The van der Waals surface area contributed by atoms with Crippen LogP contribution >= 0.6 is 0 Å². The lowest BCUT2D eigenvalue weighted by atomic mass is 10.1. The lowest BCUT2D eigenvalue weighted by Crippen LogP contribution is -2.12. The van der Waals surface area contributed by atoms with Gasteiger partial charge in [-0.15, -0.1) is 0 Å². The summed E-state index contributed by atoms with van der Waals surface area (Å²) in [4.78, 5) is 0. The molecule has 3 nitrogen and oxygen atoms in total.